The summed E-state index contributed by atoms with van der Waals surface area (Å²) >= 11 is 0. The zero-order valence-electron chi connectivity index (χ0n) is 8.26. The zero-order valence-corrected chi connectivity index (χ0v) is 8.26. The molecule has 0 bridgehead atoms. The maximum Gasteiger partial charge on any atom is 0.155 e. The van der Waals surface area contributed by atoms with E-state index in [2.05, 4.69) is 6.92 Å². The van der Waals surface area contributed by atoms with E-state index in [4.69, 9.17) is 5.73 Å². The number of ketones is 1. The lowest BCUT2D eigenvalue weighted by Gasteiger charge is -2.05. The van der Waals surface area contributed by atoms with Crippen molar-refractivity contribution in [3.63, 3.8) is 0 Å². The van der Waals surface area contributed by atoms with Gasteiger partial charge in [0.25, 0.3) is 0 Å². The molecule has 70 valence electrons. The first kappa shape index (κ1) is 11.4. The Morgan fingerprint density at radius 3 is 2.50 bits per heavy atom. The van der Waals surface area contributed by atoms with E-state index in [0.717, 1.165) is 12.0 Å². The molecule has 0 saturated carbocycles. The molecular formula is C10H19NO. The van der Waals surface area contributed by atoms with Crippen LogP contribution in [0.1, 0.15) is 33.6 Å². The molecular weight excluding hydrogens is 150 g/mol. The highest BCUT2D eigenvalue weighted by Gasteiger charge is 2.02. The summed E-state index contributed by atoms with van der Waals surface area (Å²) in [7, 11) is 0. The van der Waals surface area contributed by atoms with Crippen molar-refractivity contribution in [3.8, 4) is 0 Å². The van der Waals surface area contributed by atoms with Crippen molar-refractivity contribution in [2.75, 3.05) is 6.54 Å². The van der Waals surface area contributed by atoms with Crippen LogP contribution >= 0.6 is 0 Å². The van der Waals surface area contributed by atoms with Gasteiger partial charge >= 0.3 is 0 Å². The topological polar surface area (TPSA) is 43.1 Å². The molecule has 0 aliphatic heterocycles. The smallest absolute Gasteiger partial charge is 0.155 e. The molecule has 0 spiro atoms. The lowest BCUT2D eigenvalue weighted by atomic mass is 10.0. The Kier molecular flexibility index (Phi) is 5.64. The van der Waals surface area contributed by atoms with Gasteiger partial charge in [-0.2, -0.15) is 0 Å². The molecule has 0 aromatic rings. The summed E-state index contributed by atoms with van der Waals surface area (Å²) in [5, 5.41) is 0. The lowest BCUT2D eigenvalue weighted by molar-refractivity contribution is -0.114. The fraction of sp³-hybridized carbons (Fsp3) is 0.700. The monoisotopic (exact) mass is 169 g/mol. The van der Waals surface area contributed by atoms with E-state index in [1.54, 1.807) is 6.08 Å². The fourth-order valence-corrected chi connectivity index (χ4v) is 0.901. The van der Waals surface area contributed by atoms with Crippen LogP contribution in [0, 0.1) is 5.92 Å². The van der Waals surface area contributed by atoms with Gasteiger partial charge in [-0.25, -0.2) is 0 Å². The molecule has 2 heteroatoms. The van der Waals surface area contributed by atoms with Gasteiger partial charge in [0.05, 0.1) is 0 Å². The van der Waals surface area contributed by atoms with Crippen molar-refractivity contribution in [2.45, 2.75) is 33.6 Å². The molecule has 0 aromatic heterocycles. The highest BCUT2D eigenvalue weighted by atomic mass is 16.1. The second kappa shape index (κ2) is 5.95. The first-order valence-electron chi connectivity index (χ1n) is 4.44. The molecule has 0 aliphatic carbocycles. The number of rotatable bonds is 5. The van der Waals surface area contributed by atoms with Crippen molar-refractivity contribution < 1.29 is 4.79 Å². The van der Waals surface area contributed by atoms with Crippen molar-refractivity contribution in [2.24, 2.45) is 11.7 Å². The minimum Gasteiger partial charge on any atom is -0.330 e. The molecule has 12 heavy (non-hydrogen) atoms. The van der Waals surface area contributed by atoms with E-state index in [1.165, 1.54) is 0 Å². The lowest BCUT2D eigenvalue weighted by Crippen LogP contribution is -2.11. The van der Waals surface area contributed by atoms with Gasteiger partial charge in [0.15, 0.2) is 5.78 Å². The Hall–Kier alpha value is -0.630. The van der Waals surface area contributed by atoms with Gasteiger partial charge in [-0.15, -0.1) is 0 Å². The SMILES string of the molecule is CC(C)=CC(=O)CCC(C)CN. The predicted molar refractivity (Wildman–Crippen MR) is 51.9 cm³/mol. The van der Waals surface area contributed by atoms with Crippen LogP contribution in [-0.2, 0) is 4.79 Å². The van der Waals surface area contributed by atoms with Crippen molar-refractivity contribution in [1.29, 1.82) is 0 Å². The average molecular weight is 169 g/mol. The molecule has 2 nitrogen and oxygen atoms in total. The molecule has 0 rings (SSSR count). The maximum absolute atomic E-state index is 11.2. The quantitative estimate of drug-likeness (QED) is 0.639. The van der Waals surface area contributed by atoms with Gasteiger partial charge in [0, 0.05) is 6.42 Å². The second-order valence-electron chi connectivity index (χ2n) is 3.57. The van der Waals surface area contributed by atoms with Crippen LogP contribution < -0.4 is 5.73 Å². The third-order valence-electron chi connectivity index (χ3n) is 1.74. The Morgan fingerprint density at radius 1 is 1.50 bits per heavy atom. The fourth-order valence-electron chi connectivity index (χ4n) is 0.901. The van der Waals surface area contributed by atoms with Crippen molar-refractivity contribution in [1.82, 2.24) is 0 Å². The van der Waals surface area contributed by atoms with Crippen LogP contribution in [0.2, 0.25) is 0 Å². The van der Waals surface area contributed by atoms with Gasteiger partial charge in [0.2, 0.25) is 0 Å². The summed E-state index contributed by atoms with van der Waals surface area (Å²) in [6.45, 7) is 6.60. The highest BCUT2D eigenvalue weighted by Crippen LogP contribution is 2.05. The summed E-state index contributed by atoms with van der Waals surface area (Å²) in [5.41, 5.74) is 6.50. The summed E-state index contributed by atoms with van der Waals surface area (Å²) in [6, 6.07) is 0. The summed E-state index contributed by atoms with van der Waals surface area (Å²) < 4.78 is 0. The van der Waals surface area contributed by atoms with E-state index in [1.807, 2.05) is 13.8 Å². The summed E-state index contributed by atoms with van der Waals surface area (Å²) in [5.74, 6) is 0.676. The van der Waals surface area contributed by atoms with Crippen LogP contribution in [0.15, 0.2) is 11.6 Å². The van der Waals surface area contributed by atoms with Gasteiger partial charge in [-0.1, -0.05) is 12.5 Å². The van der Waals surface area contributed by atoms with Gasteiger partial charge in [-0.05, 0) is 38.8 Å². The maximum atomic E-state index is 11.2. The predicted octanol–water partition coefficient (Wildman–Crippen LogP) is 1.90. The normalized spacial score (nSPS) is 12.3. The van der Waals surface area contributed by atoms with Gasteiger partial charge in [-0.3, -0.25) is 4.79 Å². The first-order valence-corrected chi connectivity index (χ1v) is 4.44. The van der Waals surface area contributed by atoms with Crippen LogP contribution in [0.5, 0.6) is 0 Å². The number of allylic oxidation sites excluding steroid dienone is 2. The molecule has 0 saturated heterocycles. The molecule has 0 radical (unpaired) electrons. The molecule has 0 aliphatic rings. The van der Waals surface area contributed by atoms with Gasteiger partial charge in [0.1, 0.15) is 0 Å². The minimum atomic E-state index is 0.218. The summed E-state index contributed by atoms with van der Waals surface area (Å²) in [6.07, 6.45) is 3.23. The molecule has 0 fully saturated rings. The first-order chi connectivity index (χ1) is 5.56. The van der Waals surface area contributed by atoms with Crippen molar-refractivity contribution >= 4 is 5.78 Å². The van der Waals surface area contributed by atoms with Crippen LogP contribution in [0.3, 0.4) is 0 Å². The van der Waals surface area contributed by atoms with E-state index in [-0.39, 0.29) is 5.78 Å². The van der Waals surface area contributed by atoms with E-state index >= 15 is 0 Å². The van der Waals surface area contributed by atoms with Crippen LogP contribution in [0.25, 0.3) is 0 Å². The molecule has 0 aromatic carbocycles. The third kappa shape index (κ3) is 6.10. The zero-order chi connectivity index (χ0) is 9.56. The Bertz CT molecular complexity index is 169. The highest BCUT2D eigenvalue weighted by molar-refractivity contribution is 5.90. The molecule has 0 amide bonds. The second-order valence-corrected chi connectivity index (χ2v) is 3.57. The molecule has 0 heterocycles. The number of nitrogens with two attached hydrogens (primary N) is 1. The summed E-state index contributed by atoms with van der Waals surface area (Å²) in [4.78, 5) is 11.2. The Labute approximate surface area is 74.8 Å². The van der Waals surface area contributed by atoms with Crippen LogP contribution in [-0.4, -0.2) is 12.3 Å². The number of hydrogen-bond donors (Lipinski definition) is 1. The standard InChI is InChI=1S/C10H19NO/c1-8(2)6-10(12)5-4-9(3)7-11/h6,9H,4-5,7,11H2,1-3H3. The number of carbonyl (C=O) groups is 1. The largest absolute Gasteiger partial charge is 0.330 e. The molecule has 2 N–H and O–H groups in total. The van der Waals surface area contributed by atoms with E-state index < -0.39 is 0 Å². The number of hydrogen-bond acceptors (Lipinski definition) is 2. The molecule has 1 atom stereocenters. The molecule has 1 unspecified atom stereocenters. The number of carbonyl (C=O) groups excluding carboxylic acids is 1. The van der Waals surface area contributed by atoms with Crippen molar-refractivity contribution in [3.05, 3.63) is 11.6 Å². The average Bonchev–Trinajstić information content (AvgIpc) is 1.99. The van der Waals surface area contributed by atoms with E-state index in [9.17, 15) is 4.79 Å². The Morgan fingerprint density at radius 2 is 2.08 bits per heavy atom. The van der Waals surface area contributed by atoms with E-state index in [0.29, 0.717) is 18.9 Å². The third-order valence-corrected chi connectivity index (χ3v) is 1.74. The van der Waals surface area contributed by atoms with Crippen LogP contribution in [0.4, 0.5) is 0 Å². The Balaban J connectivity index is 3.65. The van der Waals surface area contributed by atoms with Gasteiger partial charge < -0.3 is 5.73 Å². The minimum absolute atomic E-state index is 0.218.